The third kappa shape index (κ3) is 5.47. The molecule has 3 saturated heterocycles. The highest BCUT2D eigenvalue weighted by Crippen LogP contribution is 2.33. The standard InChI is InChI=1S/C33H39FN4O3/c34-26-7-3-11-31-32(26)23(21-41-31)20-40-30-10-4-8-27-25(30)18-28(36-27)33(39)35-24-12-16-37(17-13-24)19-22-6-5-15-38-14-2-1-9-29(22)38/h3-4,7-8,10-11,18,21-22,24,29,36H,1-2,5-6,9,12-17,19-20H2,(H,35,39)/t22-,29+/m0/s1. The number of H-pyrrole nitrogens is 1. The van der Waals surface area contributed by atoms with Crippen LogP contribution in [0, 0.1) is 11.7 Å². The molecule has 0 spiro atoms. The van der Waals surface area contributed by atoms with Crippen molar-refractivity contribution < 1.29 is 18.3 Å². The SMILES string of the molecule is O=C(NC1CCN(C[C@@H]2CCCN3CCCC[C@H]23)CC1)c1cc2c(OCc3coc4cccc(F)c34)cccc2[nH]1. The van der Waals surface area contributed by atoms with E-state index in [1.165, 1.54) is 64.1 Å². The van der Waals surface area contributed by atoms with Crippen molar-refractivity contribution in [2.45, 2.75) is 63.6 Å². The Balaban J connectivity index is 0.954. The molecule has 8 heteroatoms. The summed E-state index contributed by atoms with van der Waals surface area (Å²) in [6.07, 6.45) is 10.3. The number of hydrogen-bond donors (Lipinski definition) is 2. The molecule has 3 aliphatic heterocycles. The van der Waals surface area contributed by atoms with E-state index >= 15 is 0 Å². The van der Waals surface area contributed by atoms with Crippen LogP contribution in [0.5, 0.6) is 5.75 Å². The highest BCUT2D eigenvalue weighted by molar-refractivity contribution is 5.99. The van der Waals surface area contributed by atoms with Crippen LogP contribution in [0.15, 0.2) is 53.1 Å². The van der Waals surface area contributed by atoms with Crippen molar-refractivity contribution in [3.8, 4) is 5.75 Å². The summed E-state index contributed by atoms with van der Waals surface area (Å²) in [5.74, 6) is 1.02. The van der Waals surface area contributed by atoms with Crippen LogP contribution in [0.25, 0.3) is 21.9 Å². The molecule has 7 rings (SSSR count). The van der Waals surface area contributed by atoms with E-state index in [1.54, 1.807) is 12.1 Å². The number of nitrogens with zero attached hydrogens (tertiary/aromatic N) is 2. The molecule has 0 aliphatic carbocycles. The van der Waals surface area contributed by atoms with E-state index in [2.05, 4.69) is 20.1 Å². The molecule has 2 N–H and O–H groups in total. The quantitative estimate of drug-likeness (QED) is 0.287. The highest BCUT2D eigenvalue weighted by atomic mass is 19.1. The summed E-state index contributed by atoms with van der Waals surface area (Å²) >= 11 is 0. The summed E-state index contributed by atoms with van der Waals surface area (Å²) in [5.41, 5.74) is 2.50. The van der Waals surface area contributed by atoms with Gasteiger partial charge in [-0.3, -0.25) is 4.79 Å². The monoisotopic (exact) mass is 558 g/mol. The van der Waals surface area contributed by atoms with Gasteiger partial charge in [0.2, 0.25) is 0 Å². The van der Waals surface area contributed by atoms with Gasteiger partial charge in [0, 0.05) is 48.2 Å². The van der Waals surface area contributed by atoms with Gasteiger partial charge in [-0.15, -0.1) is 0 Å². The Kier molecular flexibility index (Phi) is 7.44. The second-order valence-electron chi connectivity index (χ2n) is 12.1. The van der Waals surface area contributed by atoms with Crippen molar-refractivity contribution in [2.75, 3.05) is 32.7 Å². The maximum Gasteiger partial charge on any atom is 0.267 e. The van der Waals surface area contributed by atoms with Crippen molar-refractivity contribution in [3.63, 3.8) is 0 Å². The molecule has 1 amide bonds. The van der Waals surface area contributed by atoms with Crippen molar-refractivity contribution >= 4 is 27.8 Å². The zero-order valence-electron chi connectivity index (χ0n) is 23.5. The predicted octanol–water partition coefficient (Wildman–Crippen LogP) is 6.09. The average molecular weight is 559 g/mol. The number of fused-ring (bicyclic) bond motifs is 3. The van der Waals surface area contributed by atoms with E-state index in [-0.39, 0.29) is 24.4 Å². The van der Waals surface area contributed by atoms with Gasteiger partial charge < -0.3 is 29.3 Å². The number of carbonyl (C=O) groups excluding carboxylic acids is 1. The second kappa shape index (κ2) is 11.5. The number of rotatable bonds is 7. The van der Waals surface area contributed by atoms with Crippen LogP contribution in [0.3, 0.4) is 0 Å². The lowest BCUT2D eigenvalue weighted by molar-refractivity contribution is 0.0351. The Bertz CT molecular complexity index is 1520. The zero-order chi connectivity index (χ0) is 27.8. The van der Waals surface area contributed by atoms with Crippen LogP contribution < -0.4 is 10.1 Å². The van der Waals surface area contributed by atoms with Crippen molar-refractivity contribution in [2.24, 2.45) is 5.92 Å². The fourth-order valence-corrected chi connectivity index (χ4v) is 7.39. The molecule has 216 valence electrons. The van der Waals surface area contributed by atoms with Gasteiger partial charge in [0.05, 0.1) is 11.6 Å². The second-order valence-corrected chi connectivity index (χ2v) is 12.1. The normalized spacial score (nSPS) is 22.7. The molecular weight excluding hydrogens is 519 g/mol. The number of carbonyl (C=O) groups is 1. The highest BCUT2D eigenvalue weighted by Gasteiger charge is 2.34. The minimum atomic E-state index is -0.329. The number of aromatic amines is 1. The molecule has 3 aliphatic rings. The lowest BCUT2D eigenvalue weighted by Crippen LogP contribution is -2.52. The van der Waals surface area contributed by atoms with Crippen LogP contribution in [0.2, 0.25) is 0 Å². The van der Waals surface area contributed by atoms with Crippen LogP contribution in [0.1, 0.15) is 61.0 Å². The number of piperidine rings is 3. The summed E-state index contributed by atoms with van der Waals surface area (Å²) in [4.78, 5) is 21.9. The largest absolute Gasteiger partial charge is 0.488 e. The minimum absolute atomic E-state index is 0.0846. The number of aromatic nitrogens is 1. The Labute approximate surface area is 240 Å². The third-order valence-electron chi connectivity index (χ3n) is 9.52. The summed E-state index contributed by atoms with van der Waals surface area (Å²) in [6.45, 7) is 6.03. The number of hydrogen-bond acceptors (Lipinski definition) is 5. The molecule has 0 bridgehead atoms. The molecule has 0 radical (unpaired) electrons. The van der Waals surface area contributed by atoms with Crippen LogP contribution in [0.4, 0.5) is 4.39 Å². The first-order valence-electron chi connectivity index (χ1n) is 15.3. The van der Waals surface area contributed by atoms with Crippen molar-refractivity contribution in [1.82, 2.24) is 20.1 Å². The Morgan fingerprint density at radius 3 is 2.78 bits per heavy atom. The first kappa shape index (κ1) is 26.5. The summed E-state index contributed by atoms with van der Waals surface area (Å²) < 4.78 is 25.9. The lowest BCUT2D eigenvalue weighted by Gasteiger charge is -2.46. The Hall–Kier alpha value is -3.36. The topological polar surface area (TPSA) is 73.7 Å². The summed E-state index contributed by atoms with van der Waals surface area (Å²) in [5, 5.41) is 4.53. The lowest BCUT2D eigenvalue weighted by atomic mass is 9.83. The number of ether oxygens (including phenoxy) is 1. The maximum absolute atomic E-state index is 14.4. The van der Waals surface area contributed by atoms with Gasteiger partial charge >= 0.3 is 0 Å². The fraction of sp³-hybridized carbons (Fsp3) is 0.485. The zero-order valence-corrected chi connectivity index (χ0v) is 23.5. The van der Waals surface area contributed by atoms with E-state index in [0.29, 0.717) is 28.0 Å². The van der Waals surface area contributed by atoms with Gasteiger partial charge in [-0.05, 0) is 87.9 Å². The number of halogens is 1. The first-order chi connectivity index (χ1) is 20.1. The molecular formula is C33H39FN4O3. The molecule has 0 unspecified atom stereocenters. The number of furan rings is 1. The van der Waals surface area contributed by atoms with Gasteiger partial charge in [0.25, 0.3) is 5.91 Å². The molecule has 0 saturated carbocycles. The van der Waals surface area contributed by atoms with Crippen LogP contribution in [-0.2, 0) is 6.61 Å². The fourth-order valence-electron chi connectivity index (χ4n) is 7.39. The number of likely N-dealkylation sites (tertiary alicyclic amines) is 1. The van der Waals surface area contributed by atoms with Gasteiger partial charge in [0.1, 0.15) is 29.5 Å². The van der Waals surface area contributed by atoms with E-state index < -0.39 is 0 Å². The molecule has 41 heavy (non-hydrogen) atoms. The maximum atomic E-state index is 14.4. The molecule has 4 aromatic rings. The summed E-state index contributed by atoms with van der Waals surface area (Å²) in [7, 11) is 0. The average Bonchev–Trinajstić information content (AvgIpc) is 3.63. The van der Waals surface area contributed by atoms with E-state index in [0.717, 1.165) is 48.8 Å². The molecule has 2 atom stereocenters. The van der Waals surface area contributed by atoms with Crippen LogP contribution in [-0.4, -0.2) is 65.5 Å². The summed E-state index contributed by atoms with van der Waals surface area (Å²) in [6, 6.07) is 13.3. The molecule has 5 heterocycles. The molecule has 2 aromatic carbocycles. The molecule has 7 nitrogen and oxygen atoms in total. The third-order valence-corrected chi connectivity index (χ3v) is 9.52. The predicted molar refractivity (Wildman–Crippen MR) is 158 cm³/mol. The van der Waals surface area contributed by atoms with Gasteiger partial charge in [-0.2, -0.15) is 0 Å². The van der Waals surface area contributed by atoms with E-state index in [9.17, 15) is 9.18 Å². The first-order valence-corrected chi connectivity index (χ1v) is 15.3. The van der Waals surface area contributed by atoms with E-state index in [1.807, 2.05) is 24.3 Å². The van der Waals surface area contributed by atoms with Gasteiger partial charge in [-0.1, -0.05) is 18.6 Å². The Morgan fingerprint density at radius 1 is 1.02 bits per heavy atom. The Morgan fingerprint density at radius 2 is 1.88 bits per heavy atom. The van der Waals surface area contributed by atoms with Crippen molar-refractivity contribution in [3.05, 3.63) is 65.8 Å². The molecule has 2 aromatic heterocycles. The number of benzene rings is 2. The minimum Gasteiger partial charge on any atom is -0.488 e. The molecule has 3 fully saturated rings. The van der Waals surface area contributed by atoms with E-state index in [4.69, 9.17) is 9.15 Å². The smallest absolute Gasteiger partial charge is 0.267 e. The number of nitrogens with one attached hydrogen (secondary N) is 2. The van der Waals surface area contributed by atoms with Gasteiger partial charge in [-0.25, -0.2) is 4.39 Å². The van der Waals surface area contributed by atoms with Crippen LogP contribution >= 0.6 is 0 Å². The number of amides is 1. The van der Waals surface area contributed by atoms with Crippen molar-refractivity contribution in [1.29, 1.82) is 0 Å². The van der Waals surface area contributed by atoms with Gasteiger partial charge in [0.15, 0.2) is 0 Å².